The molecule has 0 unspecified atom stereocenters. The highest BCUT2D eigenvalue weighted by Crippen LogP contribution is 2.32. The van der Waals surface area contributed by atoms with Crippen molar-refractivity contribution >= 4 is 0 Å². The van der Waals surface area contributed by atoms with Gasteiger partial charge in [0.25, 0.3) is 0 Å². The van der Waals surface area contributed by atoms with Crippen LogP contribution in [0.15, 0.2) is 30.5 Å². The summed E-state index contributed by atoms with van der Waals surface area (Å²) >= 11 is 0. The standard InChI is InChI=1S/C12H14F3N.C2H6/c1-8(2)16-7-10-5-4-6-11(9(10)3)12(13,14)15;1-2/h4-6,16H,1,7H2,2-3H3;1-2H3. The molecule has 0 heterocycles. The molecule has 1 rings (SSSR count). The average Bonchev–Trinajstić information content (AvgIpc) is 2.28. The summed E-state index contributed by atoms with van der Waals surface area (Å²) in [5.41, 5.74) is 1.06. The van der Waals surface area contributed by atoms with Crippen molar-refractivity contribution in [3.63, 3.8) is 0 Å². The Labute approximate surface area is 107 Å². The summed E-state index contributed by atoms with van der Waals surface area (Å²) < 4.78 is 37.8. The molecule has 0 saturated carbocycles. The van der Waals surface area contributed by atoms with Gasteiger partial charge >= 0.3 is 6.18 Å². The summed E-state index contributed by atoms with van der Waals surface area (Å²) in [7, 11) is 0. The van der Waals surface area contributed by atoms with Gasteiger partial charge in [-0.15, -0.1) is 0 Å². The normalized spacial score (nSPS) is 10.4. The van der Waals surface area contributed by atoms with Gasteiger partial charge in [-0.1, -0.05) is 32.6 Å². The van der Waals surface area contributed by atoms with E-state index in [0.29, 0.717) is 12.1 Å². The molecule has 0 aliphatic carbocycles. The van der Waals surface area contributed by atoms with Crippen LogP contribution in [0.25, 0.3) is 0 Å². The number of allylic oxidation sites excluding steroid dienone is 1. The van der Waals surface area contributed by atoms with Crippen molar-refractivity contribution in [2.24, 2.45) is 0 Å². The fraction of sp³-hybridized carbons (Fsp3) is 0.429. The van der Waals surface area contributed by atoms with Crippen molar-refractivity contribution in [2.75, 3.05) is 0 Å². The van der Waals surface area contributed by atoms with E-state index in [4.69, 9.17) is 0 Å². The van der Waals surface area contributed by atoms with E-state index in [1.807, 2.05) is 13.8 Å². The monoisotopic (exact) mass is 259 g/mol. The van der Waals surface area contributed by atoms with Gasteiger partial charge in [0.2, 0.25) is 0 Å². The maximum atomic E-state index is 12.6. The summed E-state index contributed by atoms with van der Waals surface area (Å²) in [5.74, 6) is 0. The van der Waals surface area contributed by atoms with Gasteiger partial charge in [-0.3, -0.25) is 0 Å². The van der Waals surface area contributed by atoms with Gasteiger partial charge in [-0.2, -0.15) is 13.2 Å². The Bertz CT molecular complexity index is 395. The van der Waals surface area contributed by atoms with E-state index in [9.17, 15) is 13.2 Å². The molecule has 0 aromatic heterocycles. The number of hydrogen-bond acceptors (Lipinski definition) is 1. The van der Waals surface area contributed by atoms with Crippen LogP contribution < -0.4 is 5.32 Å². The molecule has 0 spiro atoms. The summed E-state index contributed by atoms with van der Waals surface area (Å²) in [6, 6.07) is 4.20. The molecular formula is C14H20F3N. The molecule has 102 valence electrons. The minimum absolute atomic E-state index is 0.267. The first-order valence-corrected chi connectivity index (χ1v) is 5.87. The molecule has 1 nitrogen and oxygen atoms in total. The quantitative estimate of drug-likeness (QED) is 0.832. The van der Waals surface area contributed by atoms with Crippen LogP contribution >= 0.6 is 0 Å². The number of alkyl halides is 3. The second-order valence-electron chi connectivity index (χ2n) is 3.72. The van der Waals surface area contributed by atoms with E-state index in [0.717, 1.165) is 11.8 Å². The molecule has 0 aliphatic rings. The Morgan fingerprint density at radius 1 is 1.28 bits per heavy atom. The summed E-state index contributed by atoms with van der Waals surface area (Å²) in [4.78, 5) is 0. The summed E-state index contributed by atoms with van der Waals surface area (Å²) in [6.45, 7) is 11.3. The molecular weight excluding hydrogens is 239 g/mol. The Morgan fingerprint density at radius 3 is 2.28 bits per heavy atom. The van der Waals surface area contributed by atoms with Crippen LogP contribution in [-0.4, -0.2) is 0 Å². The molecule has 0 aliphatic heterocycles. The zero-order valence-corrected chi connectivity index (χ0v) is 11.3. The molecule has 0 bridgehead atoms. The third-order valence-electron chi connectivity index (χ3n) is 2.33. The van der Waals surface area contributed by atoms with E-state index in [2.05, 4.69) is 11.9 Å². The van der Waals surface area contributed by atoms with Gasteiger partial charge in [-0.05, 0) is 31.0 Å². The first kappa shape index (κ1) is 16.6. The molecule has 0 radical (unpaired) electrons. The van der Waals surface area contributed by atoms with Crippen LogP contribution in [0.5, 0.6) is 0 Å². The van der Waals surface area contributed by atoms with Gasteiger partial charge in [0, 0.05) is 12.2 Å². The van der Waals surface area contributed by atoms with Crippen LogP contribution in [0.1, 0.15) is 37.5 Å². The molecule has 4 heteroatoms. The molecule has 0 atom stereocenters. The zero-order chi connectivity index (χ0) is 14.3. The molecule has 0 fully saturated rings. The van der Waals surface area contributed by atoms with Gasteiger partial charge in [-0.25, -0.2) is 0 Å². The predicted octanol–water partition coefficient (Wildman–Crippen LogP) is 4.66. The van der Waals surface area contributed by atoms with Crippen LogP contribution in [-0.2, 0) is 12.7 Å². The van der Waals surface area contributed by atoms with Crippen LogP contribution in [0.4, 0.5) is 13.2 Å². The fourth-order valence-corrected chi connectivity index (χ4v) is 1.43. The smallest absolute Gasteiger partial charge is 0.385 e. The highest BCUT2D eigenvalue weighted by molar-refractivity contribution is 5.36. The lowest BCUT2D eigenvalue weighted by atomic mass is 10.0. The molecule has 1 aromatic rings. The SMILES string of the molecule is C=C(C)NCc1cccc(C(F)(F)F)c1C.CC. The largest absolute Gasteiger partial charge is 0.416 e. The number of benzene rings is 1. The Kier molecular flexibility index (Phi) is 6.52. The van der Waals surface area contributed by atoms with E-state index in [1.165, 1.54) is 13.0 Å². The topological polar surface area (TPSA) is 12.0 Å². The first-order valence-electron chi connectivity index (χ1n) is 5.87. The minimum Gasteiger partial charge on any atom is -0.385 e. The third kappa shape index (κ3) is 4.82. The Morgan fingerprint density at radius 2 is 1.83 bits per heavy atom. The molecule has 1 aromatic carbocycles. The number of hydrogen-bond donors (Lipinski definition) is 1. The van der Waals surface area contributed by atoms with E-state index in [1.54, 1.807) is 13.0 Å². The maximum Gasteiger partial charge on any atom is 0.416 e. The van der Waals surface area contributed by atoms with Gasteiger partial charge < -0.3 is 5.32 Å². The first-order chi connectivity index (χ1) is 8.32. The van der Waals surface area contributed by atoms with Gasteiger partial charge in [0.15, 0.2) is 0 Å². The minimum atomic E-state index is -4.29. The molecule has 1 N–H and O–H groups in total. The van der Waals surface area contributed by atoms with E-state index >= 15 is 0 Å². The lowest BCUT2D eigenvalue weighted by molar-refractivity contribution is -0.138. The lowest BCUT2D eigenvalue weighted by Gasteiger charge is -2.14. The Balaban J connectivity index is 0.00000137. The fourth-order valence-electron chi connectivity index (χ4n) is 1.43. The summed E-state index contributed by atoms with van der Waals surface area (Å²) in [6.07, 6.45) is -4.29. The second kappa shape index (κ2) is 7.09. The zero-order valence-electron chi connectivity index (χ0n) is 11.3. The van der Waals surface area contributed by atoms with Crippen molar-refractivity contribution in [3.05, 3.63) is 47.2 Å². The Hall–Kier alpha value is -1.45. The number of nitrogens with one attached hydrogen (secondary N) is 1. The van der Waals surface area contributed by atoms with Gasteiger partial charge in [0.1, 0.15) is 0 Å². The average molecular weight is 259 g/mol. The van der Waals surface area contributed by atoms with Crippen molar-refractivity contribution in [1.82, 2.24) is 5.32 Å². The highest BCUT2D eigenvalue weighted by Gasteiger charge is 2.32. The number of rotatable bonds is 3. The van der Waals surface area contributed by atoms with E-state index in [-0.39, 0.29) is 5.56 Å². The van der Waals surface area contributed by atoms with Crippen molar-refractivity contribution in [1.29, 1.82) is 0 Å². The molecule has 0 saturated heterocycles. The third-order valence-corrected chi connectivity index (χ3v) is 2.33. The van der Waals surface area contributed by atoms with Crippen molar-refractivity contribution in [2.45, 2.75) is 40.4 Å². The predicted molar refractivity (Wildman–Crippen MR) is 69.2 cm³/mol. The number of halogens is 3. The van der Waals surface area contributed by atoms with Crippen molar-refractivity contribution in [3.8, 4) is 0 Å². The summed E-state index contributed by atoms with van der Waals surface area (Å²) in [5, 5.41) is 2.92. The highest BCUT2D eigenvalue weighted by atomic mass is 19.4. The molecule has 18 heavy (non-hydrogen) atoms. The second-order valence-corrected chi connectivity index (χ2v) is 3.72. The van der Waals surface area contributed by atoms with Crippen LogP contribution in [0, 0.1) is 6.92 Å². The van der Waals surface area contributed by atoms with Crippen LogP contribution in [0.3, 0.4) is 0 Å². The van der Waals surface area contributed by atoms with E-state index < -0.39 is 11.7 Å². The van der Waals surface area contributed by atoms with Crippen LogP contribution in [0.2, 0.25) is 0 Å². The lowest BCUT2D eigenvalue weighted by Crippen LogP contribution is -2.14. The maximum absolute atomic E-state index is 12.6. The molecule has 0 amide bonds. The van der Waals surface area contributed by atoms with Gasteiger partial charge in [0.05, 0.1) is 5.56 Å². The van der Waals surface area contributed by atoms with Crippen molar-refractivity contribution < 1.29 is 13.2 Å².